The molecule has 0 amide bonds. The van der Waals surface area contributed by atoms with Gasteiger partial charge in [-0.3, -0.25) is 9.97 Å². The molecule has 1 aliphatic rings. The number of benzene rings is 1. The van der Waals surface area contributed by atoms with Crippen LogP contribution in [0.2, 0.25) is 0 Å². The van der Waals surface area contributed by atoms with Crippen molar-refractivity contribution in [3.05, 3.63) is 119 Å². The summed E-state index contributed by atoms with van der Waals surface area (Å²) in [5.41, 5.74) is 7.23. The molecule has 4 aromatic rings. The van der Waals surface area contributed by atoms with Crippen LogP contribution in [0, 0.1) is 13.8 Å². The van der Waals surface area contributed by atoms with Crippen LogP contribution < -0.4 is 5.32 Å². The van der Waals surface area contributed by atoms with Gasteiger partial charge in [-0.25, -0.2) is 0 Å². The monoisotopic (exact) mass is 453 g/mol. The first kappa shape index (κ1) is 21.3. The zero-order valence-electron chi connectivity index (χ0n) is 18.8. The first-order valence-corrected chi connectivity index (χ1v) is 11.6. The molecule has 0 bridgehead atoms. The van der Waals surface area contributed by atoms with E-state index in [0.29, 0.717) is 0 Å². The Morgan fingerprint density at radius 3 is 2.33 bits per heavy atom. The number of hydrogen-bond donors (Lipinski definition) is 1. The van der Waals surface area contributed by atoms with E-state index in [1.807, 2.05) is 36.8 Å². The topological polar surface area (TPSA) is 46.0 Å². The van der Waals surface area contributed by atoms with Gasteiger partial charge in [0.15, 0.2) is 5.11 Å². The Morgan fingerprint density at radius 2 is 1.61 bits per heavy atom. The van der Waals surface area contributed by atoms with Gasteiger partial charge in [-0.15, -0.1) is 0 Å². The minimum absolute atomic E-state index is 0.0164. The molecule has 1 fully saturated rings. The van der Waals surface area contributed by atoms with Gasteiger partial charge < -0.3 is 14.8 Å². The normalized spacial score (nSPS) is 17.9. The lowest BCUT2D eigenvalue weighted by Gasteiger charge is -2.28. The van der Waals surface area contributed by atoms with Crippen LogP contribution in [0.15, 0.2) is 85.3 Å². The second-order valence-electron chi connectivity index (χ2n) is 8.51. The SMILES string of the molecule is Cc1cc([C@@H]2[C@H](c3ccccn3)NC(=S)N2Cc2ccccc2)c(C)n1Cc1ccncc1. The fourth-order valence-electron chi connectivity index (χ4n) is 4.74. The van der Waals surface area contributed by atoms with Gasteiger partial charge in [0.05, 0.1) is 17.8 Å². The lowest BCUT2D eigenvalue weighted by Crippen LogP contribution is -2.29. The number of hydrogen-bond acceptors (Lipinski definition) is 3. The molecule has 1 aliphatic heterocycles. The molecule has 1 saturated heterocycles. The highest BCUT2D eigenvalue weighted by molar-refractivity contribution is 7.80. The van der Waals surface area contributed by atoms with Gasteiger partial charge in [-0.2, -0.15) is 0 Å². The number of pyridine rings is 2. The maximum atomic E-state index is 5.85. The molecule has 6 heteroatoms. The summed E-state index contributed by atoms with van der Waals surface area (Å²) >= 11 is 5.85. The second-order valence-corrected chi connectivity index (χ2v) is 8.89. The molecule has 0 aliphatic carbocycles. The molecule has 0 spiro atoms. The molecule has 1 aromatic carbocycles. The minimum Gasteiger partial charge on any atom is -0.352 e. The molecule has 5 nitrogen and oxygen atoms in total. The highest BCUT2D eigenvalue weighted by Gasteiger charge is 2.41. The summed E-state index contributed by atoms with van der Waals surface area (Å²) in [5, 5.41) is 4.33. The highest BCUT2D eigenvalue weighted by Crippen LogP contribution is 2.41. The van der Waals surface area contributed by atoms with E-state index in [-0.39, 0.29) is 12.1 Å². The number of rotatable bonds is 6. The van der Waals surface area contributed by atoms with Crippen molar-refractivity contribution in [3.8, 4) is 0 Å². The minimum atomic E-state index is -0.0164. The fraction of sp³-hybridized carbons (Fsp3) is 0.222. The molecule has 166 valence electrons. The smallest absolute Gasteiger partial charge is 0.170 e. The summed E-state index contributed by atoms with van der Waals surface area (Å²) in [7, 11) is 0. The van der Waals surface area contributed by atoms with Crippen LogP contribution in [0.5, 0.6) is 0 Å². The van der Waals surface area contributed by atoms with E-state index in [1.165, 1.54) is 28.1 Å². The van der Waals surface area contributed by atoms with E-state index in [0.717, 1.165) is 23.9 Å². The van der Waals surface area contributed by atoms with Crippen LogP contribution in [0.3, 0.4) is 0 Å². The number of thiocarbonyl (C=S) groups is 1. The quantitative estimate of drug-likeness (QED) is 0.411. The van der Waals surface area contributed by atoms with Gasteiger partial charge in [-0.1, -0.05) is 36.4 Å². The average Bonchev–Trinajstić information content (AvgIpc) is 3.31. The maximum Gasteiger partial charge on any atom is 0.170 e. The van der Waals surface area contributed by atoms with Crippen molar-refractivity contribution < 1.29 is 0 Å². The third-order valence-corrected chi connectivity index (χ3v) is 6.77. The van der Waals surface area contributed by atoms with Gasteiger partial charge in [0.25, 0.3) is 0 Å². The number of aromatic nitrogens is 3. The van der Waals surface area contributed by atoms with Crippen molar-refractivity contribution in [2.75, 3.05) is 0 Å². The van der Waals surface area contributed by atoms with Crippen LogP contribution in [-0.4, -0.2) is 24.5 Å². The number of aryl methyl sites for hydroxylation is 1. The summed E-state index contributed by atoms with van der Waals surface area (Å²) < 4.78 is 2.38. The standard InChI is InChI=1S/C27H27N5S/c1-19-16-23(20(2)31(19)17-22-11-14-28-15-12-22)26-25(24-10-6-7-13-29-24)30-27(33)32(26)18-21-8-4-3-5-9-21/h3-16,25-26H,17-18H2,1-2H3,(H,30,33)/t25-,26+/m0/s1. The third kappa shape index (κ3) is 4.26. The average molecular weight is 454 g/mol. The first-order chi connectivity index (χ1) is 16.1. The lowest BCUT2D eigenvalue weighted by molar-refractivity contribution is 0.310. The maximum absolute atomic E-state index is 5.85. The summed E-state index contributed by atoms with van der Waals surface area (Å²) in [5.74, 6) is 0. The molecule has 0 radical (unpaired) electrons. The number of nitrogens with zero attached hydrogens (tertiary/aromatic N) is 4. The summed E-state index contributed by atoms with van der Waals surface area (Å²) in [6.45, 7) is 5.95. The van der Waals surface area contributed by atoms with Crippen LogP contribution in [0.4, 0.5) is 0 Å². The molecule has 2 atom stereocenters. The third-order valence-electron chi connectivity index (χ3n) is 6.41. The molecule has 3 aromatic heterocycles. The molecule has 5 rings (SSSR count). The van der Waals surface area contributed by atoms with Crippen molar-refractivity contribution in [2.24, 2.45) is 0 Å². The molecule has 0 unspecified atom stereocenters. The highest BCUT2D eigenvalue weighted by atomic mass is 32.1. The van der Waals surface area contributed by atoms with Crippen molar-refractivity contribution in [2.45, 2.75) is 39.0 Å². The summed E-state index contributed by atoms with van der Waals surface area (Å²) in [4.78, 5) is 11.1. The Bertz CT molecular complexity index is 1240. The van der Waals surface area contributed by atoms with Crippen molar-refractivity contribution in [3.63, 3.8) is 0 Å². The molecule has 0 saturated carbocycles. The van der Waals surface area contributed by atoms with Crippen molar-refractivity contribution in [1.29, 1.82) is 0 Å². The van der Waals surface area contributed by atoms with Crippen LogP contribution >= 0.6 is 12.2 Å². The zero-order valence-corrected chi connectivity index (χ0v) is 19.7. The van der Waals surface area contributed by atoms with E-state index in [4.69, 9.17) is 12.2 Å². The van der Waals surface area contributed by atoms with Gasteiger partial charge >= 0.3 is 0 Å². The molecule has 1 N–H and O–H groups in total. The van der Waals surface area contributed by atoms with E-state index in [1.54, 1.807) is 0 Å². The molecule has 4 heterocycles. The van der Waals surface area contributed by atoms with E-state index < -0.39 is 0 Å². The zero-order chi connectivity index (χ0) is 22.8. The predicted molar refractivity (Wildman–Crippen MR) is 135 cm³/mol. The Hall–Kier alpha value is -3.51. The van der Waals surface area contributed by atoms with Gasteiger partial charge in [-0.05, 0) is 73.1 Å². The molecular formula is C27H27N5S. The van der Waals surface area contributed by atoms with Crippen LogP contribution in [-0.2, 0) is 13.1 Å². The van der Waals surface area contributed by atoms with E-state index >= 15 is 0 Å². The number of nitrogens with one attached hydrogen (secondary N) is 1. The largest absolute Gasteiger partial charge is 0.352 e. The Balaban J connectivity index is 1.56. The molecule has 33 heavy (non-hydrogen) atoms. The van der Waals surface area contributed by atoms with Crippen molar-refractivity contribution in [1.82, 2.24) is 24.8 Å². The Morgan fingerprint density at radius 1 is 0.879 bits per heavy atom. The fourth-order valence-corrected chi connectivity index (χ4v) is 5.04. The Labute approximate surface area is 200 Å². The van der Waals surface area contributed by atoms with Gasteiger partial charge in [0.2, 0.25) is 0 Å². The summed E-state index contributed by atoms with van der Waals surface area (Å²) in [6.07, 6.45) is 5.55. The summed E-state index contributed by atoms with van der Waals surface area (Å²) in [6, 6.07) is 23.1. The van der Waals surface area contributed by atoms with Crippen LogP contribution in [0.1, 0.15) is 45.9 Å². The van der Waals surface area contributed by atoms with Crippen LogP contribution in [0.25, 0.3) is 0 Å². The first-order valence-electron chi connectivity index (χ1n) is 11.2. The van der Waals surface area contributed by atoms with Gasteiger partial charge in [0.1, 0.15) is 0 Å². The van der Waals surface area contributed by atoms with Crippen molar-refractivity contribution >= 4 is 17.3 Å². The van der Waals surface area contributed by atoms with Gasteiger partial charge in [0, 0.05) is 43.1 Å². The Kier molecular flexibility index (Phi) is 5.92. The molecular weight excluding hydrogens is 426 g/mol. The van der Waals surface area contributed by atoms with E-state index in [9.17, 15) is 0 Å². The lowest BCUT2D eigenvalue weighted by atomic mass is 9.96. The van der Waals surface area contributed by atoms with E-state index in [2.05, 4.69) is 87.1 Å². The second kappa shape index (κ2) is 9.16. The predicted octanol–water partition coefficient (Wildman–Crippen LogP) is 5.12.